The molecule has 0 saturated heterocycles. The SMILES string of the molecule is CC1(C)C(c2ccccc2)=[N+]([O-])[C@@]2(CCCCC/C2=N/NC(N)=O)N1O. The Morgan fingerprint density at radius 2 is 2.00 bits per heavy atom. The number of hydrogen-bond donors (Lipinski definition) is 3. The van der Waals surface area contributed by atoms with E-state index in [0.717, 1.165) is 34.6 Å². The first-order valence-corrected chi connectivity index (χ1v) is 8.83. The molecule has 1 aromatic rings. The van der Waals surface area contributed by atoms with E-state index in [1.165, 1.54) is 0 Å². The number of nitrogens with two attached hydrogens (primary N) is 1. The molecule has 1 aromatic carbocycles. The molecular formula is C18H25N5O3. The minimum absolute atomic E-state index is 0.409. The predicted octanol–water partition coefficient (Wildman–Crippen LogP) is 2.15. The van der Waals surface area contributed by atoms with Gasteiger partial charge in [0.1, 0.15) is 11.3 Å². The first-order valence-electron chi connectivity index (χ1n) is 8.83. The van der Waals surface area contributed by atoms with Crippen LogP contribution in [0.1, 0.15) is 51.5 Å². The van der Waals surface area contributed by atoms with E-state index in [2.05, 4.69) is 10.5 Å². The van der Waals surface area contributed by atoms with Crippen LogP contribution in [0.5, 0.6) is 0 Å². The Morgan fingerprint density at radius 1 is 1.31 bits per heavy atom. The van der Waals surface area contributed by atoms with Crippen LogP contribution in [-0.2, 0) is 0 Å². The lowest BCUT2D eigenvalue weighted by Gasteiger charge is -2.35. The van der Waals surface area contributed by atoms with Gasteiger partial charge in [-0.1, -0.05) is 24.6 Å². The summed E-state index contributed by atoms with van der Waals surface area (Å²) in [4.78, 5) is 11.1. The van der Waals surface area contributed by atoms with E-state index in [0.29, 0.717) is 24.3 Å². The Bertz CT molecular complexity index is 759. The number of rotatable bonds is 2. The van der Waals surface area contributed by atoms with Crippen molar-refractivity contribution in [2.75, 3.05) is 0 Å². The number of hydrogen-bond acceptors (Lipinski definition) is 5. The number of carbonyl (C=O) groups is 1. The molecule has 1 fully saturated rings. The lowest BCUT2D eigenvalue weighted by Crippen LogP contribution is -2.59. The first-order chi connectivity index (χ1) is 12.3. The summed E-state index contributed by atoms with van der Waals surface area (Å²) < 4.78 is 0.870. The molecule has 0 aromatic heterocycles. The molecule has 1 atom stereocenters. The zero-order valence-electron chi connectivity index (χ0n) is 15.1. The predicted molar refractivity (Wildman–Crippen MR) is 97.9 cm³/mol. The average Bonchev–Trinajstić information content (AvgIpc) is 2.77. The Labute approximate surface area is 152 Å². The molecule has 1 spiro atoms. The summed E-state index contributed by atoms with van der Waals surface area (Å²) in [5.41, 5.74) is 6.73. The molecule has 1 aliphatic heterocycles. The van der Waals surface area contributed by atoms with Crippen LogP contribution in [0.3, 0.4) is 0 Å². The van der Waals surface area contributed by atoms with Gasteiger partial charge in [0.2, 0.25) is 5.71 Å². The highest BCUT2D eigenvalue weighted by Crippen LogP contribution is 2.41. The Kier molecular flexibility index (Phi) is 4.72. The van der Waals surface area contributed by atoms with Gasteiger partial charge in [-0.25, -0.2) is 10.2 Å². The number of nitrogens with one attached hydrogen (secondary N) is 1. The summed E-state index contributed by atoms with van der Waals surface area (Å²) in [6, 6.07) is 8.49. The van der Waals surface area contributed by atoms with Crippen LogP contribution in [0.25, 0.3) is 0 Å². The van der Waals surface area contributed by atoms with Crippen LogP contribution in [0, 0.1) is 5.21 Å². The van der Waals surface area contributed by atoms with E-state index < -0.39 is 17.2 Å². The standard InChI is InChI=1S/C18H25N5O3/c1-17(2)15(13-9-5-3-6-10-13)22(25)18(23(17)26)12-8-4-7-11-14(18)20-21-16(19)24/h3,5-6,9-10,26H,4,7-8,11-12H2,1-2H3,(H3,19,21,24)/b20-14-/t18-/m0/s1. The van der Waals surface area contributed by atoms with Crippen LogP contribution in [0.15, 0.2) is 35.4 Å². The highest BCUT2D eigenvalue weighted by atomic mass is 16.6. The monoisotopic (exact) mass is 359 g/mol. The number of hydroxylamine groups is 3. The fraction of sp³-hybridized carbons (Fsp3) is 0.500. The Balaban J connectivity index is 2.20. The van der Waals surface area contributed by atoms with Crippen molar-refractivity contribution in [2.45, 2.75) is 57.2 Å². The second-order valence-electron chi connectivity index (χ2n) is 7.29. The molecule has 140 valence electrons. The molecule has 3 rings (SSSR count). The molecular weight excluding hydrogens is 334 g/mol. The number of primary amides is 1. The molecule has 2 aliphatic rings. The smallest absolute Gasteiger partial charge is 0.332 e. The molecule has 0 radical (unpaired) electrons. The largest absolute Gasteiger partial charge is 0.622 e. The van der Waals surface area contributed by atoms with Crippen LogP contribution in [0.4, 0.5) is 4.79 Å². The van der Waals surface area contributed by atoms with Crippen molar-refractivity contribution < 1.29 is 14.7 Å². The highest BCUT2D eigenvalue weighted by Gasteiger charge is 2.64. The summed E-state index contributed by atoms with van der Waals surface area (Å²) in [6.45, 7) is 3.61. The number of benzene rings is 1. The number of carbonyl (C=O) groups excluding carboxylic acids is 1. The number of nitrogens with zero attached hydrogens (tertiary/aromatic N) is 3. The van der Waals surface area contributed by atoms with Crippen LogP contribution in [-0.4, -0.2) is 43.7 Å². The fourth-order valence-corrected chi connectivity index (χ4v) is 4.05. The fourth-order valence-electron chi connectivity index (χ4n) is 4.05. The third-order valence-corrected chi connectivity index (χ3v) is 5.25. The summed E-state index contributed by atoms with van der Waals surface area (Å²) in [5.74, 6) is 0. The Hall–Kier alpha value is -2.45. The maximum Gasteiger partial charge on any atom is 0.332 e. The lowest BCUT2D eigenvalue weighted by atomic mass is 9.91. The second-order valence-corrected chi connectivity index (χ2v) is 7.29. The lowest BCUT2D eigenvalue weighted by molar-refractivity contribution is -0.567. The third kappa shape index (κ3) is 2.75. The van der Waals surface area contributed by atoms with Gasteiger partial charge in [-0.05, 0) is 45.2 Å². The molecule has 1 saturated carbocycles. The highest BCUT2D eigenvalue weighted by molar-refractivity contribution is 6.07. The van der Waals surface area contributed by atoms with E-state index in [1.54, 1.807) is 13.8 Å². The van der Waals surface area contributed by atoms with Crippen LogP contribution in [0.2, 0.25) is 0 Å². The zero-order chi connectivity index (χ0) is 18.9. The van der Waals surface area contributed by atoms with Crippen molar-refractivity contribution in [3.8, 4) is 0 Å². The van der Waals surface area contributed by atoms with E-state index in [1.807, 2.05) is 30.3 Å². The van der Waals surface area contributed by atoms with E-state index in [-0.39, 0.29) is 0 Å². The summed E-state index contributed by atoms with van der Waals surface area (Å²) in [6.07, 6.45) is 3.41. The Morgan fingerprint density at radius 3 is 2.65 bits per heavy atom. The molecule has 4 N–H and O–H groups in total. The maximum absolute atomic E-state index is 13.6. The molecule has 1 aliphatic carbocycles. The molecule has 26 heavy (non-hydrogen) atoms. The normalized spacial score (nSPS) is 27.7. The van der Waals surface area contributed by atoms with E-state index in [9.17, 15) is 15.2 Å². The molecule has 0 bridgehead atoms. The topological polar surface area (TPSA) is 117 Å². The third-order valence-electron chi connectivity index (χ3n) is 5.25. The quantitative estimate of drug-likeness (QED) is 0.426. The van der Waals surface area contributed by atoms with Crippen molar-refractivity contribution >= 4 is 17.5 Å². The number of hydrazone groups is 1. The summed E-state index contributed by atoms with van der Waals surface area (Å²) in [5, 5.41) is 29.9. The van der Waals surface area contributed by atoms with Gasteiger partial charge in [-0.3, -0.25) is 0 Å². The van der Waals surface area contributed by atoms with Gasteiger partial charge in [0.15, 0.2) is 0 Å². The molecule has 2 amide bonds. The molecule has 8 nitrogen and oxygen atoms in total. The van der Waals surface area contributed by atoms with Gasteiger partial charge in [0.05, 0.1) is 0 Å². The molecule has 8 heteroatoms. The van der Waals surface area contributed by atoms with Gasteiger partial charge in [0, 0.05) is 12.0 Å². The zero-order valence-corrected chi connectivity index (χ0v) is 15.1. The molecule has 1 heterocycles. The van der Waals surface area contributed by atoms with Crippen molar-refractivity contribution in [1.29, 1.82) is 0 Å². The summed E-state index contributed by atoms with van der Waals surface area (Å²) in [7, 11) is 0. The van der Waals surface area contributed by atoms with Crippen molar-refractivity contribution in [2.24, 2.45) is 10.8 Å². The molecule has 0 unspecified atom stereocenters. The van der Waals surface area contributed by atoms with Crippen molar-refractivity contribution in [3.63, 3.8) is 0 Å². The van der Waals surface area contributed by atoms with Gasteiger partial charge in [0.25, 0.3) is 5.66 Å². The van der Waals surface area contributed by atoms with E-state index in [4.69, 9.17) is 5.73 Å². The van der Waals surface area contributed by atoms with Gasteiger partial charge >= 0.3 is 6.03 Å². The maximum atomic E-state index is 13.6. The van der Waals surface area contributed by atoms with Gasteiger partial charge < -0.3 is 16.1 Å². The van der Waals surface area contributed by atoms with Crippen LogP contribution < -0.4 is 11.2 Å². The average molecular weight is 359 g/mol. The van der Waals surface area contributed by atoms with Crippen LogP contribution >= 0.6 is 0 Å². The number of urea groups is 1. The van der Waals surface area contributed by atoms with E-state index >= 15 is 0 Å². The van der Waals surface area contributed by atoms with Crippen molar-refractivity contribution in [1.82, 2.24) is 10.5 Å². The van der Waals surface area contributed by atoms with Gasteiger partial charge in [-0.2, -0.15) is 9.84 Å². The minimum atomic E-state index is -1.35. The minimum Gasteiger partial charge on any atom is -0.622 e. The van der Waals surface area contributed by atoms with Gasteiger partial charge in [-0.15, -0.1) is 5.06 Å². The first kappa shape index (κ1) is 18.3. The summed E-state index contributed by atoms with van der Waals surface area (Å²) >= 11 is 0. The number of amides is 2. The van der Waals surface area contributed by atoms with Crippen molar-refractivity contribution in [3.05, 3.63) is 41.1 Å². The second kappa shape index (κ2) is 6.69.